The first-order valence-corrected chi connectivity index (χ1v) is 7.51. The zero-order valence-electron chi connectivity index (χ0n) is 12.9. The minimum atomic E-state index is -0.478. The van der Waals surface area contributed by atoms with Gasteiger partial charge in [-0.2, -0.15) is 0 Å². The lowest BCUT2D eigenvalue weighted by Crippen LogP contribution is -2.43. The van der Waals surface area contributed by atoms with Gasteiger partial charge in [0, 0.05) is 6.54 Å². The molecule has 3 nitrogen and oxygen atoms in total. The van der Waals surface area contributed by atoms with Gasteiger partial charge in [0.15, 0.2) is 0 Å². The number of methoxy groups -OCH3 is 1. The molecule has 20 heavy (non-hydrogen) atoms. The highest BCUT2D eigenvalue weighted by Gasteiger charge is 2.33. The van der Waals surface area contributed by atoms with Crippen LogP contribution < -0.4 is 4.74 Å². The second-order valence-electron chi connectivity index (χ2n) is 6.46. The van der Waals surface area contributed by atoms with E-state index < -0.39 is 5.60 Å². The molecular formula is C17H27NO2. The molecule has 1 N–H and O–H groups in total. The average Bonchev–Trinajstić information content (AvgIpc) is 2.41. The fraction of sp³-hybridized carbons (Fsp3) is 0.647. The van der Waals surface area contributed by atoms with E-state index in [1.54, 1.807) is 7.11 Å². The van der Waals surface area contributed by atoms with Gasteiger partial charge in [0.2, 0.25) is 0 Å². The third-order valence-corrected chi connectivity index (χ3v) is 4.30. The number of rotatable bonds is 5. The van der Waals surface area contributed by atoms with Gasteiger partial charge in [0.1, 0.15) is 5.75 Å². The van der Waals surface area contributed by atoms with Crippen LogP contribution in [0.15, 0.2) is 24.3 Å². The van der Waals surface area contributed by atoms with Crippen molar-refractivity contribution in [1.29, 1.82) is 0 Å². The topological polar surface area (TPSA) is 32.7 Å². The van der Waals surface area contributed by atoms with Crippen LogP contribution in [0.5, 0.6) is 5.75 Å². The van der Waals surface area contributed by atoms with Gasteiger partial charge in [-0.3, -0.25) is 0 Å². The van der Waals surface area contributed by atoms with Crippen molar-refractivity contribution in [2.75, 3.05) is 27.7 Å². The van der Waals surface area contributed by atoms with Crippen molar-refractivity contribution in [3.8, 4) is 5.75 Å². The highest BCUT2D eigenvalue weighted by atomic mass is 16.5. The molecule has 112 valence electrons. The maximum absolute atomic E-state index is 10.5. The number of hydrogen-bond donors (Lipinski definition) is 1. The fourth-order valence-corrected chi connectivity index (χ4v) is 3.30. The van der Waals surface area contributed by atoms with Crippen molar-refractivity contribution >= 4 is 0 Å². The van der Waals surface area contributed by atoms with Gasteiger partial charge in [-0.1, -0.05) is 12.1 Å². The predicted molar refractivity (Wildman–Crippen MR) is 82.2 cm³/mol. The Bertz CT molecular complexity index is 423. The van der Waals surface area contributed by atoms with Crippen LogP contribution in [0.1, 0.15) is 31.2 Å². The summed E-state index contributed by atoms with van der Waals surface area (Å²) < 4.78 is 5.28. The molecule has 0 unspecified atom stereocenters. The summed E-state index contributed by atoms with van der Waals surface area (Å²) in [6.45, 7) is 0.777. The lowest BCUT2D eigenvalue weighted by Gasteiger charge is -2.37. The molecule has 1 aliphatic rings. The molecule has 0 radical (unpaired) electrons. The molecule has 0 saturated heterocycles. The Morgan fingerprint density at radius 3 is 2.60 bits per heavy atom. The van der Waals surface area contributed by atoms with Crippen molar-refractivity contribution in [2.45, 2.75) is 37.7 Å². The minimum absolute atomic E-state index is 0.478. The molecule has 0 heterocycles. The molecule has 1 saturated carbocycles. The second kappa shape index (κ2) is 6.59. The standard InChI is InChI=1S/C17H27NO2/c1-18(2)13-17(19)9-7-14(8-10-17)11-15-5-4-6-16(12-15)20-3/h4-6,12,14,19H,7-11,13H2,1-3H3. The normalized spacial score (nSPS) is 26.8. The maximum atomic E-state index is 10.5. The predicted octanol–water partition coefficient (Wildman–Crippen LogP) is 2.72. The van der Waals surface area contributed by atoms with Crippen LogP contribution in [0, 0.1) is 5.92 Å². The average molecular weight is 277 g/mol. The molecule has 2 rings (SSSR count). The molecule has 1 fully saturated rings. The molecule has 3 heteroatoms. The number of likely N-dealkylation sites (N-methyl/N-ethyl adjacent to an activating group) is 1. The molecule has 0 spiro atoms. The first-order chi connectivity index (χ1) is 9.50. The SMILES string of the molecule is COc1cccc(CC2CCC(O)(CN(C)C)CC2)c1. The van der Waals surface area contributed by atoms with Crippen LogP contribution >= 0.6 is 0 Å². The number of ether oxygens (including phenoxy) is 1. The molecule has 1 aromatic rings. The summed E-state index contributed by atoms with van der Waals surface area (Å²) in [5.74, 6) is 1.62. The van der Waals surface area contributed by atoms with Crippen molar-refractivity contribution in [1.82, 2.24) is 4.90 Å². The summed E-state index contributed by atoms with van der Waals surface area (Å²) >= 11 is 0. The van der Waals surface area contributed by atoms with Gasteiger partial charge in [0.25, 0.3) is 0 Å². The fourth-order valence-electron chi connectivity index (χ4n) is 3.30. The minimum Gasteiger partial charge on any atom is -0.497 e. The molecule has 0 aliphatic heterocycles. The van der Waals surface area contributed by atoms with E-state index in [0.29, 0.717) is 5.92 Å². The van der Waals surface area contributed by atoms with Gasteiger partial charge in [-0.15, -0.1) is 0 Å². The summed E-state index contributed by atoms with van der Waals surface area (Å²) in [5, 5.41) is 10.5. The Balaban J connectivity index is 1.87. The summed E-state index contributed by atoms with van der Waals surface area (Å²) in [6, 6.07) is 8.34. The first kappa shape index (κ1) is 15.3. The Morgan fingerprint density at radius 1 is 1.30 bits per heavy atom. The van der Waals surface area contributed by atoms with Crippen molar-refractivity contribution < 1.29 is 9.84 Å². The van der Waals surface area contributed by atoms with E-state index in [9.17, 15) is 5.11 Å². The van der Waals surface area contributed by atoms with Crippen LogP contribution in [0.2, 0.25) is 0 Å². The number of nitrogens with zero attached hydrogens (tertiary/aromatic N) is 1. The van der Waals surface area contributed by atoms with E-state index in [4.69, 9.17) is 4.74 Å². The Morgan fingerprint density at radius 2 is 2.00 bits per heavy atom. The smallest absolute Gasteiger partial charge is 0.119 e. The van der Waals surface area contributed by atoms with Crippen LogP contribution in [0.4, 0.5) is 0 Å². The van der Waals surface area contributed by atoms with E-state index in [0.717, 1.165) is 44.4 Å². The molecule has 1 aromatic carbocycles. The van der Waals surface area contributed by atoms with E-state index in [1.807, 2.05) is 20.2 Å². The first-order valence-electron chi connectivity index (χ1n) is 7.51. The molecule has 0 bridgehead atoms. The van der Waals surface area contributed by atoms with E-state index in [1.165, 1.54) is 5.56 Å². The zero-order valence-corrected chi connectivity index (χ0v) is 12.9. The molecule has 0 aromatic heterocycles. The van der Waals surface area contributed by atoms with E-state index in [-0.39, 0.29) is 0 Å². The van der Waals surface area contributed by atoms with Gasteiger partial charge in [-0.25, -0.2) is 0 Å². The van der Waals surface area contributed by atoms with Crippen molar-refractivity contribution in [3.63, 3.8) is 0 Å². The van der Waals surface area contributed by atoms with Crippen LogP contribution in [-0.4, -0.2) is 43.4 Å². The second-order valence-corrected chi connectivity index (χ2v) is 6.46. The van der Waals surface area contributed by atoms with Crippen molar-refractivity contribution in [2.24, 2.45) is 5.92 Å². The largest absolute Gasteiger partial charge is 0.497 e. The zero-order chi connectivity index (χ0) is 14.6. The summed E-state index contributed by atoms with van der Waals surface area (Å²) in [4.78, 5) is 2.09. The third-order valence-electron chi connectivity index (χ3n) is 4.30. The number of aliphatic hydroxyl groups is 1. The van der Waals surface area contributed by atoms with E-state index >= 15 is 0 Å². The highest BCUT2D eigenvalue weighted by molar-refractivity contribution is 5.28. The summed E-state index contributed by atoms with van der Waals surface area (Å²) in [6.07, 6.45) is 5.15. The number of benzene rings is 1. The Kier molecular flexibility index (Phi) is 5.06. The molecule has 0 atom stereocenters. The maximum Gasteiger partial charge on any atom is 0.119 e. The van der Waals surface area contributed by atoms with E-state index in [2.05, 4.69) is 23.1 Å². The van der Waals surface area contributed by atoms with Gasteiger partial charge in [-0.05, 0) is 69.8 Å². The monoisotopic (exact) mass is 277 g/mol. The third kappa shape index (κ3) is 4.22. The van der Waals surface area contributed by atoms with Crippen LogP contribution in [-0.2, 0) is 6.42 Å². The van der Waals surface area contributed by atoms with Gasteiger partial charge < -0.3 is 14.7 Å². The van der Waals surface area contributed by atoms with Crippen LogP contribution in [0.25, 0.3) is 0 Å². The lowest BCUT2D eigenvalue weighted by atomic mass is 9.76. The Labute approximate surface area is 122 Å². The van der Waals surface area contributed by atoms with Gasteiger partial charge >= 0.3 is 0 Å². The van der Waals surface area contributed by atoms with Crippen LogP contribution in [0.3, 0.4) is 0 Å². The molecule has 0 amide bonds. The summed E-state index contributed by atoms with van der Waals surface area (Å²) in [7, 11) is 5.77. The quantitative estimate of drug-likeness (QED) is 0.898. The highest BCUT2D eigenvalue weighted by Crippen LogP contribution is 2.34. The Hall–Kier alpha value is -1.06. The summed E-state index contributed by atoms with van der Waals surface area (Å²) in [5.41, 5.74) is 0.862. The molecular weight excluding hydrogens is 250 g/mol. The number of hydrogen-bond acceptors (Lipinski definition) is 3. The molecule has 1 aliphatic carbocycles. The van der Waals surface area contributed by atoms with Crippen molar-refractivity contribution in [3.05, 3.63) is 29.8 Å². The van der Waals surface area contributed by atoms with Gasteiger partial charge in [0.05, 0.1) is 12.7 Å². The lowest BCUT2D eigenvalue weighted by molar-refractivity contribution is -0.0275.